The summed E-state index contributed by atoms with van der Waals surface area (Å²) < 4.78 is 11.4. The van der Waals surface area contributed by atoms with Crippen molar-refractivity contribution >= 4 is 22.6 Å². The van der Waals surface area contributed by atoms with Gasteiger partial charge in [-0.25, -0.2) is 0 Å². The van der Waals surface area contributed by atoms with Crippen LogP contribution in [-0.2, 0) is 6.54 Å². The van der Waals surface area contributed by atoms with Crippen LogP contribution in [0.25, 0.3) is 22.3 Å². The van der Waals surface area contributed by atoms with Crippen LogP contribution < -0.4 is 5.32 Å². The predicted octanol–water partition coefficient (Wildman–Crippen LogP) is 4.84. The predicted molar refractivity (Wildman–Crippen MR) is 80.9 cm³/mol. The van der Waals surface area contributed by atoms with Gasteiger partial charge in [0, 0.05) is 11.4 Å². The summed E-state index contributed by atoms with van der Waals surface area (Å²) in [6.07, 6.45) is 1.68. The maximum Gasteiger partial charge on any atom is 0.153 e. The van der Waals surface area contributed by atoms with Gasteiger partial charge in [0.05, 0.1) is 23.4 Å². The first kappa shape index (κ1) is 13.3. The molecule has 1 aromatic carbocycles. The van der Waals surface area contributed by atoms with Crippen LogP contribution in [0.2, 0.25) is 5.02 Å². The van der Waals surface area contributed by atoms with Gasteiger partial charge in [0.15, 0.2) is 5.58 Å². The van der Waals surface area contributed by atoms with Crippen LogP contribution in [0.3, 0.4) is 0 Å². The van der Waals surface area contributed by atoms with Gasteiger partial charge in [0.25, 0.3) is 0 Å². The van der Waals surface area contributed by atoms with E-state index >= 15 is 0 Å². The van der Waals surface area contributed by atoms with Crippen LogP contribution in [0.4, 0.5) is 0 Å². The van der Waals surface area contributed by atoms with E-state index in [1.165, 1.54) is 0 Å². The zero-order valence-corrected chi connectivity index (χ0v) is 12.2. The fourth-order valence-corrected chi connectivity index (χ4v) is 2.37. The Labute approximate surface area is 122 Å². The molecule has 2 heterocycles. The molecule has 0 amide bonds. The van der Waals surface area contributed by atoms with Crippen molar-refractivity contribution in [1.82, 2.24) is 5.32 Å². The summed E-state index contributed by atoms with van der Waals surface area (Å²) >= 11 is 6.14. The van der Waals surface area contributed by atoms with E-state index in [2.05, 4.69) is 19.2 Å². The van der Waals surface area contributed by atoms with E-state index in [4.69, 9.17) is 20.4 Å². The first-order valence-corrected chi connectivity index (χ1v) is 7.01. The normalized spacial score (nSPS) is 11.6. The molecule has 0 fully saturated rings. The molecular formula is C16H16ClNO2. The smallest absolute Gasteiger partial charge is 0.153 e. The Kier molecular flexibility index (Phi) is 3.55. The molecule has 20 heavy (non-hydrogen) atoms. The molecule has 3 rings (SSSR count). The SMILES string of the molecule is CC(C)NCc1occc1-c1cc2cccc(Cl)c2o1. The molecule has 0 saturated heterocycles. The summed E-state index contributed by atoms with van der Waals surface area (Å²) in [5, 5.41) is 4.96. The summed E-state index contributed by atoms with van der Waals surface area (Å²) in [7, 11) is 0. The third-order valence-corrected chi connectivity index (χ3v) is 3.48. The lowest BCUT2D eigenvalue weighted by atomic mass is 10.1. The van der Waals surface area contributed by atoms with Crippen LogP contribution in [0.1, 0.15) is 19.6 Å². The van der Waals surface area contributed by atoms with Gasteiger partial charge in [-0.05, 0) is 18.2 Å². The second-order valence-electron chi connectivity index (χ2n) is 5.06. The van der Waals surface area contributed by atoms with E-state index < -0.39 is 0 Å². The number of hydrogen-bond acceptors (Lipinski definition) is 3. The Morgan fingerprint density at radius 1 is 1.25 bits per heavy atom. The fraction of sp³-hybridized carbons (Fsp3) is 0.250. The Morgan fingerprint density at radius 2 is 2.10 bits per heavy atom. The van der Waals surface area contributed by atoms with Crippen molar-refractivity contribution in [1.29, 1.82) is 0 Å². The highest BCUT2D eigenvalue weighted by atomic mass is 35.5. The third kappa shape index (κ3) is 2.47. The van der Waals surface area contributed by atoms with Gasteiger partial charge in [-0.3, -0.25) is 0 Å². The van der Waals surface area contributed by atoms with Crippen LogP contribution in [0.15, 0.2) is 45.4 Å². The number of fused-ring (bicyclic) bond motifs is 1. The molecule has 0 aliphatic rings. The average molecular weight is 290 g/mol. The molecule has 2 aromatic heterocycles. The van der Waals surface area contributed by atoms with Gasteiger partial charge in [-0.1, -0.05) is 37.6 Å². The van der Waals surface area contributed by atoms with Gasteiger partial charge in [0.2, 0.25) is 0 Å². The maximum atomic E-state index is 6.14. The lowest BCUT2D eigenvalue weighted by molar-refractivity contribution is 0.464. The van der Waals surface area contributed by atoms with Gasteiger partial charge in [0.1, 0.15) is 11.5 Å². The van der Waals surface area contributed by atoms with Gasteiger partial charge < -0.3 is 14.2 Å². The van der Waals surface area contributed by atoms with Crippen molar-refractivity contribution in [2.45, 2.75) is 26.4 Å². The summed E-state index contributed by atoms with van der Waals surface area (Å²) in [6, 6.07) is 10.0. The van der Waals surface area contributed by atoms with E-state index in [1.807, 2.05) is 30.3 Å². The van der Waals surface area contributed by atoms with Crippen molar-refractivity contribution in [3.05, 3.63) is 47.4 Å². The van der Waals surface area contributed by atoms with Crippen molar-refractivity contribution in [3.8, 4) is 11.3 Å². The molecule has 0 aliphatic carbocycles. The Balaban J connectivity index is 1.99. The summed E-state index contributed by atoms with van der Waals surface area (Å²) in [4.78, 5) is 0. The second-order valence-corrected chi connectivity index (χ2v) is 5.47. The zero-order chi connectivity index (χ0) is 14.1. The quantitative estimate of drug-likeness (QED) is 0.746. The van der Waals surface area contributed by atoms with Gasteiger partial charge >= 0.3 is 0 Å². The topological polar surface area (TPSA) is 38.3 Å². The molecule has 0 spiro atoms. The van der Waals surface area contributed by atoms with Gasteiger partial charge in [-0.15, -0.1) is 0 Å². The molecule has 0 radical (unpaired) electrons. The van der Waals surface area contributed by atoms with Crippen molar-refractivity contribution in [2.24, 2.45) is 0 Å². The number of benzene rings is 1. The Hall–Kier alpha value is -1.71. The zero-order valence-electron chi connectivity index (χ0n) is 11.4. The number of nitrogens with one attached hydrogen (secondary N) is 1. The minimum atomic E-state index is 0.401. The van der Waals surface area contributed by atoms with E-state index in [9.17, 15) is 0 Å². The molecular weight excluding hydrogens is 274 g/mol. The molecule has 3 aromatic rings. The highest BCUT2D eigenvalue weighted by Gasteiger charge is 2.14. The largest absolute Gasteiger partial charge is 0.467 e. The third-order valence-electron chi connectivity index (χ3n) is 3.18. The minimum absolute atomic E-state index is 0.401. The number of para-hydroxylation sites is 1. The molecule has 0 unspecified atom stereocenters. The summed E-state index contributed by atoms with van der Waals surface area (Å²) in [6.45, 7) is 4.87. The van der Waals surface area contributed by atoms with Gasteiger partial charge in [-0.2, -0.15) is 0 Å². The first-order valence-electron chi connectivity index (χ1n) is 6.63. The van der Waals surface area contributed by atoms with Crippen molar-refractivity contribution < 1.29 is 8.83 Å². The van der Waals surface area contributed by atoms with Crippen molar-refractivity contribution in [2.75, 3.05) is 0 Å². The van der Waals surface area contributed by atoms with Crippen LogP contribution in [-0.4, -0.2) is 6.04 Å². The highest BCUT2D eigenvalue weighted by Crippen LogP contribution is 2.33. The van der Waals surface area contributed by atoms with Crippen LogP contribution in [0.5, 0.6) is 0 Å². The Morgan fingerprint density at radius 3 is 2.85 bits per heavy atom. The molecule has 0 atom stereocenters. The number of hydrogen-bond donors (Lipinski definition) is 1. The van der Waals surface area contributed by atoms with Crippen LogP contribution in [0, 0.1) is 0 Å². The highest BCUT2D eigenvalue weighted by molar-refractivity contribution is 6.34. The standard InChI is InChI=1S/C16H16ClNO2/c1-10(2)18-9-15-12(6-7-19-15)14-8-11-4-3-5-13(17)16(11)20-14/h3-8,10,18H,9H2,1-2H3. The molecule has 0 aliphatic heterocycles. The molecule has 3 nitrogen and oxygen atoms in total. The molecule has 4 heteroatoms. The summed E-state index contributed by atoms with van der Waals surface area (Å²) in [5.74, 6) is 1.65. The number of rotatable bonds is 4. The van der Waals surface area contributed by atoms with Crippen molar-refractivity contribution in [3.63, 3.8) is 0 Å². The fourth-order valence-electron chi connectivity index (χ4n) is 2.15. The van der Waals surface area contributed by atoms with E-state index in [1.54, 1.807) is 6.26 Å². The molecule has 0 bridgehead atoms. The van der Waals surface area contributed by atoms with E-state index in [0.717, 1.165) is 22.5 Å². The second kappa shape index (κ2) is 5.35. The Bertz CT molecular complexity index is 727. The monoisotopic (exact) mass is 289 g/mol. The van der Waals surface area contributed by atoms with E-state index in [0.29, 0.717) is 23.2 Å². The lowest BCUT2D eigenvalue weighted by Crippen LogP contribution is -2.21. The molecule has 0 saturated carbocycles. The minimum Gasteiger partial charge on any atom is -0.467 e. The lowest BCUT2D eigenvalue weighted by Gasteiger charge is -2.06. The van der Waals surface area contributed by atoms with E-state index in [-0.39, 0.29) is 0 Å². The molecule has 1 N–H and O–H groups in total. The first-order chi connectivity index (χ1) is 9.65. The van der Waals surface area contributed by atoms with Crippen LogP contribution >= 0.6 is 11.6 Å². The molecule has 104 valence electrons. The number of halogens is 1. The summed E-state index contributed by atoms with van der Waals surface area (Å²) in [5.41, 5.74) is 1.68. The maximum absolute atomic E-state index is 6.14. The average Bonchev–Trinajstić information content (AvgIpc) is 3.02. The number of furan rings is 2.